The Labute approximate surface area is 140 Å². The van der Waals surface area contributed by atoms with Gasteiger partial charge in [-0.1, -0.05) is 13.8 Å². The molecule has 1 unspecified atom stereocenters. The van der Waals surface area contributed by atoms with Crippen molar-refractivity contribution in [2.24, 2.45) is 5.92 Å². The summed E-state index contributed by atoms with van der Waals surface area (Å²) in [7, 11) is 1.31. The first-order valence-electron chi connectivity index (χ1n) is 7.52. The maximum atomic E-state index is 12.1. The van der Waals surface area contributed by atoms with Crippen molar-refractivity contribution in [1.29, 1.82) is 5.26 Å². The van der Waals surface area contributed by atoms with E-state index in [9.17, 15) is 14.4 Å². The average molecular weight is 338 g/mol. The molecule has 0 spiro atoms. The van der Waals surface area contributed by atoms with E-state index in [0.717, 1.165) is 0 Å². The Hall–Kier alpha value is -2.76. The number of carboxylic acid groups (broad SMARTS) is 1. The first-order valence-corrected chi connectivity index (χ1v) is 7.52. The van der Waals surface area contributed by atoms with Gasteiger partial charge in [0.05, 0.1) is 7.11 Å². The van der Waals surface area contributed by atoms with Crippen LogP contribution in [0.15, 0.2) is 11.8 Å². The number of hydrogen-bond donors (Lipinski definition) is 2. The number of ether oxygens (including phenoxy) is 1. The second kappa shape index (κ2) is 8.76. The largest absolute Gasteiger partial charge is 0.480 e. The van der Waals surface area contributed by atoms with Gasteiger partial charge in [0.2, 0.25) is 0 Å². The van der Waals surface area contributed by atoms with E-state index in [0.29, 0.717) is 26.2 Å². The Balaban J connectivity index is 2.71. The number of piperazine rings is 1. The zero-order chi connectivity index (χ0) is 18.3. The van der Waals surface area contributed by atoms with Crippen molar-refractivity contribution in [3.63, 3.8) is 0 Å². The Kier molecular flexibility index (Phi) is 7.04. The van der Waals surface area contributed by atoms with Crippen LogP contribution >= 0.6 is 0 Å². The predicted octanol–water partition coefficient (Wildman–Crippen LogP) is 0.00328. The molecule has 0 aromatic rings. The molecule has 2 amide bonds. The first kappa shape index (κ1) is 19.3. The molecule has 1 heterocycles. The van der Waals surface area contributed by atoms with Gasteiger partial charge in [0.1, 0.15) is 17.7 Å². The van der Waals surface area contributed by atoms with Crippen LogP contribution in [0.3, 0.4) is 0 Å². The van der Waals surface area contributed by atoms with Crippen LogP contribution in [0.4, 0.5) is 4.79 Å². The molecule has 0 aromatic carbocycles. The summed E-state index contributed by atoms with van der Waals surface area (Å²) >= 11 is 0. The molecule has 9 heteroatoms. The molecule has 1 saturated heterocycles. The molecule has 1 aliphatic heterocycles. The molecule has 0 saturated carbocycles. The number of aliphatic carboxylic acids is 1. The summed E-state index contributed by atoms with van der Waals surface area (Å²) in [6.45, 7) is 5.04. The van der Waals surface area contributed by atoms with E-state index >= 15 is 0 Å². The molecule has 0 radical (unpaired) electrons. The van der Waals surface area contributed by atoms with Gasteiger partial charge in [-0.15, -0.1) is 0 Å². The third kappa shape index (κ3) is 5.15. The van der Waals surface area contributed by atoms with E-state index < -0.39 is 24.0 Å². The van der Waals surface area contributed by atoms with Crippen molar-refractivity contribution < 1.29 is 24.2 Å². The van der Waals surface area contributed by atoms with E-state index in [1.54, 1.807) is 24.8 Å². The minimum atomic E-state index is -1.15. The van der Waals surface area contributed by atoms with Crippen molar-refractivity contribution in [2.75, 3.05) is 33.3 Å². The van der Waals surface area contributed by atoms with Crippen molar-refractivity contribution in [2.45, 2.75) is 19.9 Å². The molecule has 0 aromatic heterocycles. The average Bonchev–Trinajstić information content (AvgIpc) is 2.56. The second-order valence-electron chi connectivity index (χ2n) is 5.68. The van der Waals surface area contributed by atoms with Gasteiger partial charge in [-0.25, -0.2) is 9.59 Å². The third-order valence-electron chi connectivity index (χ3n) is 3.64. The summed E-state index contributed by atoms with van der Waals surface area (Å²) in [6.07, 6.45) is 0.974. The van der Waals surface area contributed by atoms with E-state index in [1.807, 2.05) is 0 Å². The molecule has 24 heavy (non-hydrogen) atoms. The van der Waals surface area contributed by atoms with Crippen LogP contribution in [0.5, 0.6) is 0 Å². The normalized spacial score (nSPS) is 16.4. The number of nitriles is 1. The number of nitrogens with one attached hydrogen (secondary N) is 1. The Morgan fingerprint density at radius 3 is 2.25 bits per heavy atom. The number of hydrogen-bond acceptors (Lipinski definition) is 6. The predicted molar refractivity (Wildman–Crippen MR) is 83.7 cm³/mol. The van der Waals surface area contributed by atoms with Crippen LogP contribution < -0.4 is 5.32 Å². The lowest BCUT2D eigenvalue weighted by Gasteiger charge is -2.33. The van der Waals surface area contributed by atoms with Gasteiger partial charge >= 0.3 is 12.1 Å². The number of methoxy groups -OCH3 is 1. The summed E-state index contributed by atoms with van der Waals surface area (Å²) in [4.78, 5) is 37.9. The summed E-state index contributed by atoms with van der Waals surface area (Å²) in [6, 6.07) is 0.722. The molecular weight excluding hydrogens is 316 g/mol. The number of carbonyl (C=O) groups excluding carboxylic acids is 2. The summed E-state index contributed by atoms with van der Waals surface area (Å²) in [5, 5.41) is 20.6. The molecular formula is C15H22N4O5. The molecule has 0 aliphatic carbocycles. The fourth-order valence-electron chi connectivity index (χ4n) is 2.22. The van der Waals surface area contributed by atoms with Gasteiger partial charge in [-0.3, -0.25) is 4.79 Å². The SMILES string of the molecule is COC(=O)N1CCN(/C=C(/C#N)C(=O)NC(C(=O)O)C(C)C)CC1. The number of amides is 2. The van der Waals surface area contributed by atoms with E-state index in [2.05, 4.69) is 10.1 Å². The molecule has 9 nitrogen and oxygen atoms in total. The lowest BCUT2D eigenvalue weighted by atomic mass is 10.0. The lowest BCUT2D eigenvalue weighted by molar-refractivity contribution is -0.142. The van der Waals surface area contributed by atoms with Gasteiger partial charge in [-0.05, 0) is 5.92 Å². The van der Waals surface area contributed by atoms with Gasteiger partial charge < -0.3 is 25.0 Å². The van der Waals surface area contributed by atoms with Crippen molar-refractivity contribution in [3.8, 4) is 6.07 Å². The first-order chi connectivity index (χ1) is 11.3. The lowest BCUT2D eigenvalue weighted by Crippen LogP contribution is -2.47. The van der Waals surface area contributed by atoms with E-state index in [-0.39, 0.29) is 11.5 Å². The Bertz CT molecular complexity index is 559. The molecule has 0 bridgehead atoms. The molecule has 1 aliphatic rings. The highest BCUT2D eigenvalue weighted by Gasteiger charge is 2.26. The second-order valence-corrected chi connectivity index (χ2v) is 5.68. The Morgan fingerprint density at radius 1 is 1.25 bits per heavy atom. The monoisotopic (exact) mass is 338 g/mol. The number of carboxylic acids is 1. The van der Waals surface area contributed by atoms with E-state index in [4.69, 9.17) is 10.4 Å². The number of carbonyl (C=O) groups is 3. The highest BCUT2D eigenvalue weighted by Crippen LogP contribution is 2.08. The third-order valence-corrected chi connectivity index (χ3v) is 3.64. The van der Waals surface area contributed by atoms with E-state index in [1.165, 1.54) is 18.2 Å². The zero-order valence-electron chi connectivity index (χ0n) is 14.0. The summed E-state index contributed by atoms with van der Waals surface area (Å²) < 4.78 is 4.63. The zero-order valence-corrected chi connectivity index (χ0v) is 14.0. The highest BCUT2D eigenvalue weighted by molar-refractivity contribution is 5.99. The summed E-state index contributed by atoms with van der Waals surface area (Å²) in [5.74, 6) is -2.19. The smallest absolute Gasteiger partial charge is 0.409 e. The highest BCUT2D eigenvalue weighted by atomic mass is 16.5. The quantitative estimate of drug-likeness (QED) is 0.534. The molecule has 132 valence electrons. The molecule has 2 N–H and O–H groups in total. The van der Waals surface area contributed by atoms with Crippen molar-refractivity contribution in [1.82, 2.24) is 15.1 Å². The minimum Gasteiger partial charge on any atom is -0.480 e. The van der Waals surface area contributed by atoms with Crippen LogP contribution in [0.2, 0.25) is 0 Å². The van der Waals surface area contributed by atoms with Gasteiger partial charge in [0.15, 0.2) is 0 Å². The summed E-state index contributed by atoms with van der Waals surface area (Å²) in [5.41, 5.74) is -0.173. The molecule has 1 rings (SSSR count). The molecule has 1 atom stereocenters. The maximum absolute atomic E-state index is 12.1. The Morgan fingerprint density at radius 2 is 1.83 bits per heavy atom. The van der Waals surface area contributed by atoms with Crippen LogP contribution in [-0.4, -0.2) is 72.2 Å². The fourth-order valence-corrected chi connectivity index (χ4v) is 2.22. The van der Waals surface area contributed by atoms with Crippen molar-refractivity contribution in [3.05, 3.63) is 11.8 Å². The molecule has 1 fully saturated rings. The van der Waals surface area contributed by atoms with Crippen LogP contribution in [-0.2, 0) is 14.3 Å². The van der Waals surface area contributed by atoms with Gasteiger partial charge in [-0.2, -0.15) is 5.26 Å². The van der Waals surface area contributed by atoms with Gasteiger partial charge in [0, 0.05) is 32.4 Å². The van der Waals surface area contributed by atoms with Gasteiger partial charge in [0.25, 0.3) is 5.91 Å². The van der Waals surface area contributed by atoms with Crippen molar-refractivity contribution >= 4 is 18.0 Å². The number of rotatable bonds is 5. The maximum Gasteiger partial charge on any atom is 0.409 e. The number of nitrogens with zero attached hydrogens (tertiary/aromatic N) is 3. The van der Waals surface area contributed by atoms with Crippen LogP contribution in [0, 0.1) is 17.2 Å². The minimum absolute atomic E-state index is 0.173. The standard InChI is InChI=1S/C15H22N4O5/c1-10(2)12(14(21)22)17-13(20)11(8-16)9-18-4-6-19(7-5-18)15(23)24-3/h9-10,12H,4-7H2,1-3H3,(H,17,20)(H,21,22)/b11-9-. The van der Waals surface area contributed by atoms with Crippen LogP contribution in [0.1, 0.15) is 13.8 Å². The topological polar surface area (TPSA) is 123 Å². The van der Waals surface area contributed by atoms with Crippen LogP contribution in [0.25, 0.3) is 0 Å². The fraction of sp³-hybridized carbons (Fsp3) is 0.600.